The van der Waals surface area contributed by atoms with Gasteiger partial charge in [0.2, 0.25) is 0 Å². The first-order chi connectivity index (χ1) is 9.95. The Balaban J connectivity index is 0.00000144. The van der Waals surface area contributed by atoms with Crippen molar-refractivity contribution < 1.29 is 15.7 Å². The van der Waals surface area contributed by atoms with Gasteiger partial charge in [-0.25, -0.2) is 0 Å². The molecule has 4 rings (SSSR count). The van der Waals surface area contributed by atoms with Crippen molar-refractivity contribution in [3.8, 4) is 0 Å². The number of fused-ring (bicyclic) bond motifs is 5. The van der Waals surface area contributed by atoms with Crippen LogP contribution in [0.3, 0.4) is 0 Å². The van der Waals surface area contributed by atoms with Gasteiger partial charge in [-0.1, -0.05) is 25.5 Å². The van der Waals surface area contributed by atoms with Crippen molar-refractivity contribution in [1.82, 2.24) is 0 Å². The zero-order valence-corrected chi connectivity index (χ0v) is 14.0. The highest BCUT2D eigenvalue weighted by molar-refractivity contribution is 5.25. The van der Waals surface area contributed by atoms with Crippen molar-refractivity contribution in [2.75, 3.05) is 0 Å². The molecule has 3 nitrogen and oxygen atoms in total. The number of hydrogen-bond donors (Lipinski definition) is 2. The first-order valence-electron chi connectivity index (χ1n) is 9.01. The van der Waals surface area contributed by atoms with Crippen LogP contribution in [0.15, 0.2) is 11.6 Å². The zero-order chi connectivity index (χ0) is 14.8. The van der Waals surface area contributed by atoms with Gasteiger partial charge in [0.15, 0.2) is 0 Å². The van der Waals surface area contributed by atoms with Gasteiger partial charge in [0.1, 0.15) is 0 Å². The minimum atomic E-state index is -0.108. The summed E-state index contributed by atoms with van der Waals surface area (Å²) in [6.07, 6.45) is 11.2. The number of allylic oxidation sites excluding steroid dienone is 1. The van der Waals surface area contributed by atoms with Gasteiger partial charge < -0.3 is 15.7 Å². The molecule has 126 valence electrons. The third-order valence-corrected chi connectivity index (χ3v) is 8.03. The van der Waals surface area contributed by atoms with E-state index in [1.54, 1.807) is 5.57 Å². The lowest BCUT2D eigenvalue weighted by molar-refractivity contribution is -0.0711. The average molecular weight is 308 g/mol. The molecular weight excluding hydrogens is 276 g/mol. The molecule has 22 heavy (non-hydrogen) atoms. The molecule has 0 saturated heterocycles. The van der Waals surface area contributed by atoms with Gasteiger partial charge in [0.25, 0.3) is 0 Å². The van der Waals surface area contributed by atoms with E-state index in [1.807, 2.05) is 0 Å². The van der Waals surface area contributed by atoms with Crippen LogP contribution in [0.5, 0.6) is 0 Å². The molecule has 3 heteroatoms. The van der Waals surface area contributed by atoms with Crippen molar-refractivity contribution in [1.29, 1.82) is 0 Å². The third-order valence-electron chi connectivity index (χ3n) is 8.03. The summed E-state index contributed by atoms with van der Waals surface area (Å²) >= 11 is 0. The average Bonchev–Trinajstić information content (AvgIpc) is 2.76. The van der Waals surface area contributed by atoms with E-state index in [-0.39, 0.29) is 23.1 Å². The molecular formula is C19H32O3. The van der Waals surface area contributed by atoms with Crippen LogP contribution < -0.4 is 0 Å². The van der Waals surface area contributed by atoms with E-state index < -0.39 is 0 Å². The minimum Gasteiger partial charge on any atom is -0.412 e. The Labute approximate surface area is 134 Å². The Hall–Kier alpha value is -0.380. The second-order valence-corrected chi connectivity index (χ2v) is 8.79. The molecule has 4 aliphatic carbocycles. The van der Waals surface area contributed by atoms with Crippen LogP contribution in [0, 0.1) is 28.6 Å². The van der Waals surface area contributed by atoms with E-state index in [9.17, 15) is 10.2 Å². The molecule has 0 bridgehead atoms. The fourth-order valence-electron chi connectivity index (χ4n) is 6.61. The van der Waals surface area contributed by atoms with E-state index in [1.165, 1.54) is 25.7 Å². The maximum absolute atomic E-state index is 10.5. The van der Waals surface area contributed by atoms with Gasteiger partial charge in [-0.15, -0.1) is 0 Å². The first kappa shape index (κ1) is 16.5. The largest absolute Gasteiger partial charge is 0.412 e. The van der Waals surface area contributed by atoms with E-state index >= 15 is 0 Å². The van der Waals surface area contributed by atoms with Gasteiger partial charge in [-0.2, -0.15) is 0 Å². The van der Waals surface area contributed by atoms with Gasteiger partial charge >= 0.3 is 0 Å². The molecule has 3 saturated carbocycles. The van der Waals surface area contributed by atoms with Crippen LogP contribution in [-0.4, -0.2) is 27.9 Å². The lowest BCUT2D eigenvalue weighted by atomic mass is 9.48. The topological polar surface area (TPSA) is 72.0 Å². The smallest absolute Gasteiger partial charge is 0.0596 e. The number of aliphatic hydroxyl groups excluding tert-OH is 2. The van der Waals surface area contributed by atoms with Crippen LogP contribution in [0.4, 0.5) is 0 Å². The molecule has 4 N–H and O–H groups in total. The standard InChI is InChI=1S/C19H30O2.H2O/c1-18-9-7-13(20)11-12(18)3-4-14-15-5-6-17(21)19(15,2)10-8-16(14)18;/h3,13-17,20-21H,4-11H2,1-2H3;1H2/t13?,14-,15-,16+,17?,18-,19-;/m0./s1. The Morgan fingerprint density at radius 2 is 1.77 bits per heavy atom. The van der Waals surface area contributed by atoms with Gasteiger partial charge in [-0.05, 0) is 80.0 Å². The normalized spacial score (nSPS) is 53.6. The van der Waals surface area contributed by atoms with Crippen molar-refractivity contribution in [3.63, 3.8) is 0 Å². The summed E-state index contributed by atoms with van der Waals surface area (Å²) in [5.41, 5.74) is 2.05. The Bertz CT molecular complexity index is 473. The molecule has 0 radical (unpaired) electrons. The SMILES string of the molecule is C[C@]12CCC(O)CC1=CC[C@@H]1[C@H]2CC[C@]2(C)C(O)CC[C@@H]12.O. The maximum Gasteiger partial charge on any atom is 0.0596 e. The van der Waals surface area contributed by atoms with Crippen molar-refractivity contribution in [3.05, 3.63) is 11.6 Å². The molecule has 2 unspecified atom stereocenters. The monoisotopic (exact) mass is 308 g/mol. The fourth-order valence-corrected chi connectivity index (χ4v) is 6.61. The van der Waals surface area contributed by atoms with Gasteiger partial charge in [0, 0.05) is 0 Å². The molecule has 0 aromatic heterocycles. The van der Waals surface area contributed by atoms with E-state index in [0.717, 1.165) is 37.5 Å². The summed E-state index contributed by atoms with van der Waals surface area (Å²) in [6, 6.07) is 0. The molecule has 0 aromatic carbocycles. The van der Waals surface area contributed by atoms with Crippen molar-refractivity contribution in [2.45, 2.75) is 77.4 Å². The second-order valence-electron chi connectivity index (χ2n) is 8.79. The Kier molecular flexibility index (Phi) is 3.99. The maximum atomic E-state index is 10.5. The van der Waals surface area contributed by atoms with Crippen LogP contribution >= 0.6 is 0 Å². The summed E-state index contributed by atoms with van der Waals surface area (Å²) in [6.45, 7) is 4.81. The van der Waals surface area contributed by atoms with E-state index in [0.29, 0.717) is 11.3 Å². The Morgan fingerprint density at radius 1 is 1.00 bits per heavy atom. The summed E-state index contributed by atoms with van der Waals surface area (Å²) < 4.78 is 0. The quantitative estimate of drug-likeness (QED) is 0.675. The highest BCUT2D eigenvalue weighted by atomic mass is 16.3. The first-order valence-corrected chi connectivity index (χ1v) is 9.01. The van der Waals surface area contributed by atoms with Crippen molar-refractivity contribution >= 4 is 0 Å². The summed E-state index contributed by atoms with van der Waals surface area (Å²) in [4.78, 5) is 0. The fraction of sp³-hybridized carbons (Fsp3) is 0.895. The van der Waals surface area contributed by atoms with Crippen LogP contribution in [-0.2, 0) is 0 Å². The molecule has 3 fully saturated rings. The Morgan fingerprint density at radius 3 is 2.55 bits per heavy atom. The summed E-state index contributed by atoms with van der Waals surface area (Å²) in [7, 11) is 0. The second kappa shape index (κ2) is 5.32. The lowest BCUT2D eigenvalue weighted by Crippen LogP contribution is -2.51. The number of hydrogen-bond acceptors (Lipinski definition) is 2. The van der Waals surface area contributed by atoms with Crippen LogP contribution in [0.25, 0.3) is 0 Å². The molecule has 0 amide bonds. The zero-order valence-electron chi connectivity index (χ0n) is 14.0. The highest BCUT2D eigenvalue weighted by Gasteiger charge is 2.58. The minimum absolute atomic E-state index is 0. The number of rotatable bonds is 0. The molecule has 0 aromatic rings. The summed E-state index contributed by atoms with van der Waals surface area (Å²) in [5, 5.41) is 20.5. The van der Waals surface area contributed by atoms with Crippen molar-refractivity contribution in [2.24, 2.45) is 28.6 Å². The molecule has 0 spiro atoms. The molecule has 0 aliphatic heterocycles. The highest BCUT2D eigenvalue weighted by Crippen LogP contribution is 2.64. The number of aliphatic hydroxyl groups is 2. The predicted octanol–water partition coefficient (Wildman–Crippen LogP) is 2.85. The third kappa shape index (κ3) is 2.05. The molecule has 4 aliphatic rings. The molecule has 0 heterocycles. The van der Waals surface area contributed by atoms with E-state index in [2.05, 4.69) is 19.9 Å². The lowest BCUT2D eigenvalue weighted by Gasteiger charge is -2.57. The molecule has 7 atom stereocenters. The van der Waals surface area contributed by atoms with Crippen LogP contribution in [0.1, 0.15) is 65.2 Å². The predicted molar refractivity (Wildman–Crippen MR) is 87.3 cm³/mol. The summed E-state index contributed by atoms with van der Waals surface area (Å²) in [5.74, 6) is 2.27. The van der Waals surface area contributed by atoms with Gasteiger partial charge in [-0.3, -0.25) is 0 Å². The van der Waals surface area contributed by atoms with Gasteiger partial charge in [0.05, 0.1) is 12.2 Å². The van der Waals surface area contributed by atoms with Crippen LogP contribution in [0.2, 0.25) is 0 Å². The van der Waals surface area contributed by atoms with E-state index in [4.69, 9.17) is 0 Å².